The third-order valence-electron chi connectivity index (χ3n) is 3.68. The molecule has 0 unspecified atom stereocenters. The number of carbonyl (C=O) groups excluding carboxylic acids is 1. The van der Waals surface area contributed by atoms with E-state index in [4.69, 9.17) is 4.74 Å². The van der Waals surface area contributed by atoms with Crippen molar-refractivity contribution < 1.29 is 9.53 Å². The van der Waals surface area contributed by atoms with E-state index in [2.05, 4.69) is 16.9 Å². The molecule has 1 aliphatic carbocycles. The van der Waals surface area contributed by atoms with E-state index in [1.165, 1.54) is 0 Å². The third-order valence-corrected chi connectivity index (χ3v) is 3.68. The van der Waals surface area contributed by atoms with Crippen LogP contribution in [0.4, 0.5) is 0 Å². The molecule has 0 atom stereocenters. The highest BCUT2D eigenvalue weighted by atomic mass is 16.5. The fourth-order valence-corrected chi connectivity index (χ4v) is 2.50. The highest BCUT2D eigenvalue weighted by molar-refractivity contribution is 5.91. The zero-order valence-corrected chi connectivity index (χ0v) is 11.4. The van der Waals surface area contributed by atoms with Crippen molar-refractivity contribution in [1.82, 2.24) is 10.9 Å². The van der Waals surface area contributed by atoms with Crippen molar-refractivity contribution >= 4 is 5.91 Å². The number of benzene rings is 1. The zero-order chi connectivity index (χ0) is 13.3. The van der Waals surface area contributed by atoms with Crippen LogP contribution in [0.5, 0.6) is 5.75 Å². The Labute approximate surface area is 108 Å². The van der Waals surface area contributed by atoms with Crippen molar-refractivity contribution in [2.24, 2.45) is 0 Å². The summed E-state index contributed by atoms with van der Waals surface area (Å²) in [6.45, 7) is 4.04. The van der Waals surface area contributed by atoms with Gasteiger partial charge in [0.2, 0.25) is 5.91 Å². The van der Waals surface area contributed by atoms with Crippen LogP contribution in [0.15, 0.2) is 12.1 Å². The van der Waals surface area contributed by atoms with E-state index in [9.17, 15) is 4.79 Å². The number of amides is 1. The van der Waals surface area contributed by atoms with Crippen LogP contribution in [-0.4, -0.2) is 20.1 Å². The lowest BCUT2D eigenvalue weighted by Gasteiger charge is -2.19. The number of rotatable bonds is 4. The van der Waals surface area contributed by atoms with Crippen LogP contribution >= 0.6 is 0 Å². The molecular weight excluding hydrogens is 228 g/mol. The molecule has 2 N–H and O–H groups in total. The first-order valence-electron chi connectivity index (χ1n) is 6.18. The van der Waals surface area contributed by atoms with E-state index in [1.54, 1.807) is 14.2 Å². The minimum atomic E-state index is -0.343. The average molecular weight is 248 g/mol. The molecule has 0 heterocycles. The second-order valence-electron chi connectivity index (χ2n) is 4.92. The predicted molar refractivity (Wildman–Crippen MR) is 70.6 cm³/mol. The van der Waals surface area contributed by atoms with Crippen molar-refractivity contribution in [3.05, 3.63) is 28.8 Å². The van der Waals surface area contributed by atoms with Gasteiger partial charge in [-0.3, -0.25) is 10.2 Å². The SMILES string of the molecule is CNNC(=O)C1(c2cc(C)c(OC)cc2C)CC1. The first-order valence-corrected chi connectivity index (χ1v) is 6.18. The van der Waals surface area contributed by atoms with E-state index in [0.717, 1.165) is 35.3 Å². The molecule has 1 saturated carbocycles. The minimum absolute atomic E-state index is 0.0534. The fourth-order valence-electron chi connectivity index (χ4n) is 2.50. The van der Waals surface area contributed by atoms with E-state index < -0.39 is 0 Å². The van der Waals surface area contributed by atoms with Gasteiger partial charge in [-0.25, -0.2) is 5.43 Å². The van der Waals surface area contributed by atoms with Gasteiger partial charge in [-0.1, -0.05) is 6.07 Å². The van der Waals surface area contributed by atoms with Crippen LogP contribution in [0.2, 0.25) is 0 Å². The Kier molecular flexibility index (Phi) is 3.30. The summed E-state index contributed by atoms with van der Waals surface area (Å²) in [5.74, 6) is 0.929. The van der Waals surface area contributed by atoms with E-state index in [0.29, 0.717) is 0 Å². The number of nitrogens with one attached hydrogen (secondary N) is 2. The maximum atomic E-state index is 12.1. The van der Waals surface area contributed by atoms with Crippen molar-refractivity contribution in [1.29, 1.82) is 0 Å². The number of methoxy groups -OCH3 is 1. The van der Waals surface area contributed by atoms with Gasteiger partial charge in [-0.05, 0) is 49.4 Å². The molecule has 1 aliphatic rings. The lowest BCUT2D eigenvalue weighted by atomic mass is 9.89. The van der Waals surface area contributed by atoms with Gasteiger partial charge in [-0.15, -0.1) is 0 Å². The van der Waals surface area contributed by atoms with Crippen molar-refractivity contribution in [3.63, 3.8) is 0 Å². The predicted octanol–water partition coefficient (Wildman–Crippen LogP) is 1.59. The second kappa shape index (κ2) is 4.61. The van der Waals surface area contributed by atoms with Crippen LogP contribution < -0.4 is 15.6 Å². The third kappa shape index (κ3) is 1.97. The zero-order valence-electron chi connectivity index (χ0n) is 11.4. The lowest BCUT2D eigenvalue weighted by Crippen LogP contribution is -2.41. The molecule has 0 aliphatic heterocycles. The molecule has 98 valence electrons. The lowest BCUT2D eigenvalue weighted by molar-refractivity contribution is -0.124. The minimum Gasteiger partial charge on any atom is -0.496 e. The Morgan fingerprint density at radius 3 is 2.44 bits per heavy atom. The summed E-state index contributed by atoms with van der Waals surface area (Å²) in [4.78, 5) is 12.1. The fraction of sp³-hybridized carbons (Fsp3) is 0.500. The smallest absolute Gasteiger partial charge is 0.244 e. The summed E-state index contributed by atoms with van der Waals surface area (Å²) in [5.41, 5.74) is 8.38. The Morgan fingerprint density at radius 2 is 1.94 bits per heavy atom. The second-order valence-corrected chi connectivity index (χ2v) is 4.92. The Hall–Kier alpha value is -1.55. The molecule has 18 heavy (non-hydrogen) atoms. The van der Waals surface area contributed by atoms with E-state index in [1.807, 2.05) is 19.9 Å². The van der Waals surface area contributed by atoms with Crippen LogP contribution in [-0.2, 0) is 10.2 Å². The highest BCUT2D eigenvalue weighted by Crippen LogP contribution is 2.50. The topological polar surface area (TPSA) is 50.4 Å². The first kappa shape index (κ1) is 12.9. The van der Waals surface area contributed by atoms with Gasteiger partial charge in [-0.2, -0.15) is 0 Å². The monoisotopic (exact) mass is 248 g/mol. The number of hydrogen-bond donors (Lipinski definition) is 2. The van der Waals surface area contributed by atoms with Gasteiger partial charge < -0.3 is 4.74 Å². The molecule has 1 fully saturated rings. The largest absolute Gasteiger partial charge is 0.496 e. The summed E-state index contributed by atoms with van der Waals surface area (Å²) in [5, 5.41) is 0. The highest BCUT2D eigenvalue weighted by Gasteiger charge is 2.52. The Balaban J connectivity index is 2.40. The van der Waals surface area contributed by atoms with Crippen molar-refractivity contribution in [3.8, 4) is 5.75 Å². The molecular formula is C14H20N2O2. The maximum absolute atomic E-state index is 12.1. The molecule has 4 nitrogen and oxygen atoms in total. The Bertz CT molecular complexity index is 479. The van der Waals surface area contributed by atoms with Gasteiger partial charge in [0.1, 0.15) is 5.75 Å². The first-order chi connectivity index (χ1) is 8.55. The van der Waals surface area contributed by atoms with Crippen LogP contribution in [0, 0.1) is 13.8 Å². The summed E-state index contributed by atoms with van der Waals surface area (Å²) < 4.78 is 5.31. The summed E-state index contributed by atoms with van der Waals surface area (Å²) in [6.07, 6.45) is 1.82. The Morgan fingerprint density at radius 1 is 1.28 bits per heavy atom. The van der Waals surface area contributed by atoms with Gasteiger partial charge >= 0.3 is 0 Å². The number of carbonyl (C=O) groups is 1. The number of aryl methyl sites for hydroxylation is 2. The average Bonchev–Trinajstić information content (AvgIpc) is 3.13. The standard InChI is InChI=1S/C14H20N2O2/c1-9-8-12(18-4)10(2)7-11(9)14(5-6-14)13(17)16-15-3/h7-8,15H,5-6H2,1-4H3,(H,16,17). The summed E-state index contributed by atoms with van der Waals surface area (Å²) in [6, 6.07) is 4.09. The summed E-state index contributed by atoms with van der Waals surface area (Å²) >= 11 is 0. The molecule has 0 aromatic heterocycles. The molecule has 4 heteroatoms. The quantitative estimate of drug-likeness (QED) is 0.796. The van der Waals surface area contributed by atoms with Gasteiger partial charge in [0.05, 0.1) is 12.5 Å². The van der Waals surface area contributed by atoms with Crippen LogP contribution in [0.3, 0.4) is 0 Å². The molecule has 0 bridgehead atoms. The van der Waals surface area contributed by atoms with Crippen LogP contribution in [0.1, 0.15) is 29.5 Å². The van der Waals surface area contributed by atoms with Crippen molar-refractivity contribution in [2.75, 3.05) is 14.2 Å². The molecule has 2 rings (SSSR count). The molecule has 1 aromatic carbocycles. The maximum Gasteiger partial charge on any atom is 0.244 e. The number of hydrogen-bond acceptors (Lipinski definition) is 3. The van der Waals surface area contributed by atoms with E-state index in [-0.39, 0.29) is 11.3 Å². The summed E-state index contributed by atoms with van der Waals surface area (Å²) in [7, 11) is 3.38. The molecule has 0 spiro atoms. The molecule has 1 aromatic rings. The molecule has 0 saturated heterocycles. The van der Waals surface area contributed by atoms with Gasteiger partial charge in [0, 0.05) is 7.05 Å². The van der Waals surface area contributed by atoms with Gasteiger partial charge in [0.15, 0.2) is 0 Å². The van der Waals surface area contributed by atoms with E-state index >= 15 is 0 Å². The van der Waals surface area contributed by atoms with Gasteiger partial charge in [0.25, 0.3) is 0 Å². The number of hydrazine groups is 1. The normalized spacial score (nSPS) is 16.2. The van der Waals surface area contributed by atoms with Crippen LogP contribution in [0.25, 0.3) is 0 Å². The number of ether oxygens (including phenoxy) is 1. The molecule has 0 radical (unpaired) electrons. The molecule has 1 amide bonds. The van der Waals surface area contributed by atoms with Crippen molar-refractivity contribution in [2.45, 2.75) is 32.1 Å².